The van der Waals surface area contributed by atoms with E-state index in [-0.39, 0.29) is 24.4 Å². The Morgan fingerprint density at radius 3 is 2.88 bits per heavy atom. The molecule has 0 aliphatic heterocycles. The lowest BCUT2D eigenvalue weighted by atomic mass is 10.2. The van der Waals surface area contributed by atoms with Gasteiger partial charge in [0.05, 0.1) is 6.10 Å². The van der Waals surface area contributed by atoms with Crippen LogP contribution in [0.2, 0.25) is 0 Å². The molecule has 0 bridgehead atoms. The molecule has 0 aliphatic rings. The van der Waals surface area contributed by atoms with Crippen LogP contribution in [0, 0.1) is 5.82 Å². The number of rotatable bonds is 5. The summed E-state index contributed by atoms with van der Waals surface area (Å²) in [6.07, 6.45) is 2.26. The summed E-state index contributed by atoms with van der Waals surface area (Å²) in [7, 11) is 0. The maximum absolute atomic E-state index is 13.7. The van der Waals surface area contributed by atoms with Gasteiger partial charge in [-0.15, -0.1) is 10.2 Å². The number of hydrogen-bond acceptors (Lipinski definition) is 6. The molecular formula is C16H17FN6O2. The van der Waals surface area contributed by atoms with E-state index in [1.165, 1.54) is 12.3 Å². The van der Waals surface area contributed by atoms with Crippen molar-refractivity contribution in [3.05, 3.63) is 48.0 Å². The predicted octanol–water partition coefficient (Wildman–Crippen LogP) is 2.83. The van der Waals surface area contributed by atoms with Crippen molar-refractivity contribution in [3.63, 3.8) is 0 Å². The highest BCUT2D eigenvalue weighted by atomic mass is 19.1. The van der Waals surface area contributed by atoms with Crippen molar-refractivity contribution in [2.24, 2.45) is 0 Å². The molecule has 3 aromatic rings. The molecule has 1 amide bonds. The van der Waals surface area contributed by atoms with E-state index in [4.69, 9.17) is 4.74 Å². The molecule has 0 radical (unpaired) electrons. The van der Waals surface area contributed by atoms with Crippen LogP contribution >= 0.6 is 0 Å². The minimum Gasteiger partial charge on any atom is -0.447 e. The largest absolute Gasteiger partial charge is 0.447 e. The summed E-state index contributed by atoms with van der Waals surface area (Å²) in [5, 5.41) is 13.5. The zero-order valence-corrected chi connectivity index (χ0v) is 13.7. The lowest BCUT2D eigenvalue weighted by molar-refractivity contribution is 0.129. The van der Waals surface area contributed by atoms with Gasteiger partial charge in [-0.3, -0.25) is 9.72 Å². The van der Waals surface area contributed by atoms with Gasteiger partial charge in [0, 0.05) is 24.5 Å². The van der Waals surface area contributed by atoms with Crippen molar-refractivity contribution in [2.45, 2.75) is 26.5 Å². The average molecular weight is 344 g/mol. The number of hydrogen-bond donors (Lipinski definition) is 2. The van der Waals surface area contributed by atoms with Gasteiger partial charge >= 0.3 is 6.09 Å². The second-order valence-corrected chi connectivity index (χ2v) is 5.52. The first-order valence-electron chi connectivity index (χ1n) is 7.69. The summed E-state index contributed by atoms with van der Waals surface area (Å²) >= 11 is 0. The molecule has 1 aromatic carbocycles. The van der Waals surface area contributed by atoms with E-state index in [9.17, 15) is 9.18 Å². The summed E-state index contributed by atoms with van der Waals surface area (Å²) in [5.41, 5.74) is 0.906. The van der Waals surface area contributed by atoms with E-state index in [0.717, 1.165) is 0 Å². The molecule has 25 heavy (non-hydrogen) atoms. The Morgan fingerprint density at radius 1 is 1.32 bits per heavy atom. The van der Waals surface area contributed by atoms with Gasteiger partial charge < -0.3 is 10.1 Å². The van der Waals surface area contributed by atoms with Crippen molar-refractivity contribution >= 4 is 23.5 Å². The van der Waals surface area contributed by atoms with Gasteiger partial charge in [-0.1, -0.05) is 18.2 Å². The molecule has 0 aliphatic carbocycles. The van der Waals surface area contributed by atoms with Crippen molar-refractivity contribution in [1.82, 2.24) is 19.6 Å². The third kappa shape index (κ3) is 3.82. The van der Waals surface area contributed by atoms with Gasteiger partial charge in [-0.2, -0.15) is 0 Å². The average Bonchev–Trinajstić information content (AvgIpc) is 2.97. The molecule has 130 valence electrons. The summed E-state index contributed by atoms with van der Waals surface area (Å²) in [4.78, 5) is 15.9. The maximum Gasteiger partial charge on any atom is 0.414 e. The minimum atomic E-state index is -0.623. The van der Waals surface area contributed by atoms with Gasteiger partial charge in [-0.25, -0.2) is 14.2 Å². The van der Waals surface area contributed by atoms with Crippen LogP contribution in [0.15, 0.2) is 36.7 Å². The molecule has 8 nitrogen and oxygen atoms in total. The normalized spacial score (nSPS) is 10.9. The fourth-order valence-corrected chi connectivity index (χ4v) is 2.19. The van der Waals surface area contributed by atoms with Gasteiger partial charge in [0.25, 0.3) is 0 Å². The first-order chi connectivity index (χ1) is 12.0. The highest BCUT2D eigenvalue weighted by molar-refractivity contribution is 5.83. The predicted molar refractivity (Wildman–Crippen MR) is 89.7 cm³/mol. The number of ether oxygens (including phenoxy) is 1. The summed E-state index contributed by atoms with van der Waals surface area (Å²) in [6, 6.07) is 6.46. The molecule has 0 atom stereocenters. The molecule has 2 aromatic heterocycles. The van der Waals surface area contributed by atoms with E-state index < -0.39 is 6.09 Å². The van der Waals surface area contributed by atoms with Gasteiger partial charge in [0.2, 0.25) is 11.6 Å². The molecule has 0 fully saturated rings. The number of amides is 1. The van der Waals surface area contributed by atoms with E-state index in [1.54, 1.807) is 42.6 Å². The van der Waals surface area contributed by atoms with Crippen LogP contribution in [0.4, 0.5) is 21.0 Å². The standard InChI is InChI=1S/C16H17FN6O2/c1-10(2)25-16(24)20-15-22-21-14-13(18-7-8-23(14)15)19-9-11-5-3-4-6-12(11)17/h3-8,10H,9H2,1-2H3,(H,18,19)(H,20,22,24). The smallest absolute Gasteiger partial charge is 0.414 e. The van der Waals surface area contributed by atoms with Crippen molar-refractivity contribution in [2.75, 3.05) is 10.6 Å². The second kappa shape index (κ2) is 7.12. The molecule has 9 heteroatoms. The second-order valence-electron chi connectivity index (χ2n) is 5.52. The topological polar surface area (TPSA) is 93.4 Å². The number of aromatic nitrogens is 4. The monoisotopic (exact) mass is 344 g/mol. The number of halogens is 1. The Morgan fingerprint density at radius 2 is 2.12 bits per heavy atom. The van der Waals surface area contributed by atoms with Crippen molar-refractivity contribution in [1.29, 1.82) is 0 Å². The molecule has 0 saturated carbocycles. The van der Waals surface area contributed by atoms with E-state index >= 15 is 0 Å². The Bertz CT molecular complexity index is 895. The Labute approximate surface area is 143 Å². The van der Waals surface area contributed by atoms with E-state index in [2.05, 4.69) is 25.8 Å². The van der Waals surface area contributed by atoms with Crippen LogP contribution in [0.25, 0.3) is 5.65 Å². The van der Waals surface area contributed by atoms with Gasteiger partial charge in [-0.05, 0) is 19.9 Å². The summed E-state index contributed by atoms with van der Waals surface area (Å²) < 4.78 is 20.3. The maximum atomic E-state index is 13.7. The fraction of sp³-hybridized carbons (Fsp3) is 0.250. The lowest BCUT2D eigenvalue weighted by Crippen LogP contribution is -2.19. The van der Waals surface area contributed by atoms with Gasteiger partial charge in [0.1, 0.15) is 5.82 Å². The van der Waals surface area contributed by atoms with Crippen LogP contribution in [-0.2, 0) is 11.3 Å². The van der Waals surface area contributed by atoms with Crippen LogP contribution in [0.5, 0.6) is 0 Å². The Balaban J connectivity index is 1.79. The third-order valence-electron chi connectivity index (χ3n) is 3.29. The molecule has 0 spiro atoms. The molecule has 3 rings (SSSR count). The van der Waals surface area contributed by atoms with Crippen molar-refractivity contribution in [3.8, 4) is 0 Å². The lowest BCUT2D eigenvalue weighted by Gasteiger charge is -2.09. The summed E-state index contributed by atoms with van der Waals surface area (Å²) in [5.74, 6) is 0.322. The highest BCUT2D eigenvalue weighted by Gasteiger charge is 2.14. The number of carbonyl (C=O) groups is 1. The zero-order chi connectivity index (χ0) is 17.8. The van der Waals surface area contributed by atoms with Crippen molar-refractivity contribution < 1.29 is 13.9 Å². The summed E-state index contributed by atoms with van der Waals surface area (Å²) in [6.45, 7) is 3.73. The van der Waals surface area contributed by atoms with Crippen LogP contribution in [0.3, 0.4) is 0 Å². The van der Waals surface area contributed by atoms with E-state index in [1.807, 2.05) is 0 Å². The van der Waals surface area contributed by atoms with Gasteiger partial charge in [0.15, 0.2) is 5.82 Å². The third-order valence-corrected chi connectivity index (χ3v) is 3.29. The number of nitrogens with zero attached hydrogens (tertiary/aromatic N) is 4. The zero-order valence-electron chi connectivity index (χ0n) is 13.7. The first kappa shape index (κ1) is 16.6. The number of nitrogens with one attached hydrogen (secondary N) is 2. The Kier molecular flexibility index (Phi) is 4.73. The molecule has 0 unspecified atom stereocenters. The van der Waals surface area contributed by atoms with Crippen LogP contribution < -0.4 is 10.6 Å². The molecule has 0 saturated heterocycles. The number of benzene rings is 1. The Hall–Kier alpha value is -3.23. The first-order valence-corrected chi connectivity index (χ1v) is 7.69. The fourth-order valence-electron chi connectivity index (χ4n) is 2.19. The molecular weight excluding hydrogens is 327 g/mol. The minimum absolute atomic E-state index is 0.206. The SMILES string of the molecule is CC(C)OC(=O)Nc1nnc2c(NCc3ccccc3F)nccn12. The molecule has 2 heterocycles. The molecule has 2 N–H and O–H groups in total. The van der Waals surface area contributed by atoms with Crippen LogP contribution in [-0.4, -0.2) is 31.8 Å². The number of fused-ring (bicyclic) bond motifs is 1. The number of carbonyl (C=O) groups excluding carboxylic acids is 1. The highest BCUT2D eigenvalue weighted by Crippen LogP contribution is 2.17. The van der Waals surface area contributed by atoms with E-state index in [0.29, 0.717) is 17.0 Å². The number of anilines is 2. The quantitative estimate of drug-likeness (QED) is 0.739. The van der Waals surface area contributed by atoms with Crippen LogP contribution in [0.1, 0.15) is 19.4 Å².